The summed E-state index contributed by atoms with van der Waals surface area (Å²) in [5, 5.41) is 3.78. The molecule has 1 aliphatic heterocycles. The highest BCUT2D eigenvalue weighted by Crippen LogP contribution is 2.28. The zero-order valence-electron chi connectivity index (χ0n) is 18.8. The summed E-state index contributed by atoms with van der Waals surface area (Å²) in [5.74, 6) is 0.221. The quantitative estimate of drug-likeness (QED) is 0.567. The van der Waals surface area contributed by atoms with Gasteiger partial charge in [0.15, 0.2) is 5.13 Å². The Balaban J connectivity index is 1.43. The van der Waals surface area contributed by atoms with Gasteiger partial charge in [0.2, 0.25) is 11.8 Å². The number of likely N-dealkylation sites (tertiary alicyclic amines) is 1. The third-order valence-electron chi connectivity index (χ3n) is 5.52. The maximum atomic E-state index is 12.9. The van der Waals surface area contributed by atoms with E-state index in [2.05, 4.69) is 15.2 Å². The molecule has 1 aliphatic rings. The van der Waals surface area contributed by atoms with Crippen molar-refractivity contribution in [3.05, 3.63) is 24.3 Å². The van der Waals surface area contributed by atoms with Gasteiger partial charge in [0.05, 0.1) is 22.9 Å². The Morgan fingerprint density at radius 2 is 2.03 bits per heavy atom. The van der Waals surface area contributed by atoms with Crippen LogP contribution in [-0.4, -0.2) is 67.1 Å². The van der Waals surface area contributed by atoms with Gasteiger partial charge in [-0.1, -0.05) is 23.5 Å². The van der Waals surface area contributed by atoms with Gasteiger partial charge >= 0.3 is 0 Å². The molecule has 1 fully saturated rings. The van der Waals surface area contributed by atoms with Crippen molar-refractivity contribution in [1.29, 1.82) is 0 Å². The van der Waals surface area contributed by atoms with Gasteiger partial charge in [0.25, 0.3) is 0 Å². The summed E-state index contributed by atoms with van der Waals surface area (Å²) in [5.41, 5.74) is 0.927. The molecule has 0 unspecified atom stereocenters. The monoisotopic (exact) mass is 446 g/mol. The maximum absolute atomic E-state index is 12.9. The number of rotatable bonds is 10. The molecule has 2 amide bonds. The molecule has 3 rings (SSSR count). The van der Waals surface area contributed by atoms with Crippen LogP contribution in [0.25, 0.3) is 10.2 Å². The molecular weight excluding hydrogens is 412 g/mol. The number of amides is 2. The van der Waals surface area contributed by atoms with E-state index >= 15 is 0 Å². The van der Waals surface area contributed by atoms with Crippen molar-refractivity contribution in [3.63, 3.8) is 0 Å². The number of fused-ring (bicyclic) bond motifs is 1. The van der Waals surface area contributed by atoms with Crippen LogP contribution in [0, 0.1) is 5.92 Å². The third-order valence-corrected chi connectivity index (χ3v) is 6.58. The second-order valence-corrected chi connectivity index (χ2v) is 9.23. The maximum Gasteiger partial charge on any atom is 0.242 e. The molecule has 0 saturated carbocycles. The molecule has 0 bridgehead atoms. The fraction of sp³-hybridized carbons (Fsp3) is 0.609. The lowest BCUT2D eigenvalue weighted by atomic mass is 9.96. The second-order valence-electron chi connectivity index (χ2n) is 8.22. The molecule has 0 spiro atoms. The number of hydrogen-bond donors (Lipinski definition) is 1. The minimum atomic E-state index is 0.0314. The first kappa shape index (κ1) is 23.6. The highest BCUT2D eigenvalue weighted by Gasteiger charge is 2.27. The molecule has 1 aromatic heterocycles. The van der Waals surface area contributed by atoms with Gasteiger partial charge in [-0.3, -0.25) is 19.4 Å². The Kier molecular flexibility index (Phi) is 8.80. The van der Waals surface area contributed by atoms with Gasteiger partial charge in [0, 0.05) is 25.6 Å². The van der Waals surface area contributed by atoms with E-state index < -0.39 is 0 Å². The van der Waals surface area contributed by atoms with E-state index in [0.717, 1.165) is 47.7 Å². The van der Waals surface area contributed by atoms with Crippen LogP contribution in [0.5, 0.6) is 0 Å². The Morgan fingerprint density at radius 1 is 1.29 bits per heavy atom. The first-order valence-electron chi connectivity index (χ1n) is 11.3. The number of aromatic nitrogens is 1. The third kappa shape index (κ3) is 6.72. The highest BCUT2D eigenvalue weighted by molar-refractivity contribution is 7.22. The Morgan fingerprint density at radius 3 is 2.71 bits per heavy atom. The molecule has 7 nitrogen and oxygen atoms in total. The van der Waals surface area contributed by atoms with Gasteiger partial charge in [0.1, 0.15) is 0 Å². The van der Waals surface area contributed by atoms with Gasteiger partial charge in [-0.05, 0) is 65.3 Å². The van der Waals surface area contributed by atoms with E-state index in [1.165, 1.54) is 0 Å². The zero-order chi connectivity index (χ0) is 22.2. The van der Waals surface area contributed by atoms with Gasteiger partial charge in [-0.15, -0.1) is 0 Å². The van der Waals surface area contributed by atoms with Crippen LogP contribution in [0.4, 0.5) is 5.13 Å². The number of hydrogen-bond acceptors (Lipinski definition) is 6. The highest BCUT2D eigenvalue weighted by atomic mass is 32.1. The Labute approximate surface area is 188 Å². The van der Waals surface area contributed by atoms with Crippen LogP contribution in [0.2, 0.25) is 0 Å². The lowest BCUT2D eigenvalue weighted by molar-refractivity contribution is -0.126. The summed E-state index contributed by atoms with van der Waals surface area (Å²) in [6.45, 7) is 9.80. The van der Waals surface area contributed by atoms with E-state index in [4.69, 9.17) is 4.74 Å². The summed E-state index contributed by atoms with van der Waals surface area (Å²) in [7, 11) is 0. The van der Waals surface area contributed by atoms with Gasteiger partial charge in [-0.25, -0.2) is 4.98 Å². The molecule has 0 aliphatic carbocycles. The minimum absolute atomic E-state index is 0.0314. The molecule has 2 heterocycles. The predicted octanol–water partition coefficient (Wildman–Crippen LogP) is 3.29. The number of likely N-dealkylation sites (N-methyl/N-ethyl adjacent to an activating group) is 1. The Hall–Kier alpha value is -2.03. The number of carbonyl (C=O) groups excluding carboxylic acids is 2. The van der Waals surface area contributed by atoms with Crippen LogP contribution < -0.4 is 10.2 Å². The van der Waals surface area contributed by atoms with E-state index in [-0.39, 0.29) is 23.8 Å². The van der Waals surface area contributed by atoms with Crippen LogP contribution in [-0.2, 0) is 14.3 Å². The lowest BCUT2D eigenvalue weighted by Gasteiger charge is -2.32. The van der Waals surface area contributed by atoms with Crippen molar-refractivity contribution < 1.29 is 14.3 Å². The molecule has 1 saturated heterocycles. The lowest BCUT2D eigenvalue weighted by Crippen LogP contribution is -2.45. The van der Waals surface area contributed by atoms with Crippen molar-refractivity contribution >= 4 is 38.5 Å². The average molecular weight is 447 g/mol. The van der Waals surface area contributed by atoms with Gasteiger partial charge in [-0.2, -0.15) is 0 Å². The Bertz CT molecular complexity index is 828. The summed E-state index contributed by atoms with van der Waals surface area (Å²) in [6.07, 6.45) is 2.63. The SMILES string of the molecule is CCN(C(=O)CN1CCC(C(=O)NCCCOC(C)C)CC1)c1nc2ccccc2s1. The smallest absolute Gasteiger partial charge is 0.242 e. The van der Waals surface area contributed by atoms with Crippen LogP contribution in [0.3, 0.4) is 0 Å². The average Bonchev–Trinajstić information content (AvgIpc) is 3.17. The molecule has 1 N–H and O–H groups in total. The predicted molar refractivity (Wildman–Crippen MR) is 126 cm³/mol. The summed E-state index contributed by atoms with van der Waals surface area (Å²) < 4.78 is 6.59. The number of piperidine rings is 1. The first-order chi connectivity index (χ1) is 15.0. The second kappa shape index (κ2) is 11.5. The van der Waals surface area contributed by atoms with Crippen molar-refractivity contribution in [2.45, 2.75) is 46.1 Å². The molecule has 8 heteroatoms. The molecule has 31 heavy (non-hydrogen) atoms. The molecule has 1 aromatic carbocycles. The molecular formula is C23H34N4O3S. The number of ether oxygens (including phenoxy) is 1. The number of anilines is 1. The van der Waals surface area contributed by atoms with E-state index in [1.807, 2.05) is 45.0 Å². The fourth-order valence-electron chi connectivity index (χ4n) is 3.77. The number of nitrogens with one attached hydrogen (secondary N) is 1. The van der Waals surface area contributed by atoms with Crippen molar-refractivity contribution in [1.82, 2.24) is 15.2 Å². The van der Waals surface area contributed by atoms with Crippen LogP contribution in [0.15, 0.2) is 24.3 Å². The minimum Gasteiger partial charge on any atom is -0.379 e. The standard InChI is InChI=1S/C23H34N4O3S/c1-4-27(23-25-19-8-5-6-9-20(19)31-23)21(28)16-26-13-10-18(11-14-26)22(29)24-12-7-15-30-17(2)3/h5-6,8-9,17-18H,4,7,10-16H2,1-3H3,(H,24,29). The van der Waals surface area contributed by atoms with Gasteiger partial charge < -0.3 is 10.1 Å². The first-order valence-corrected chi connectivity index (χ1v) is 12.1. The summed E-state index contributed by atoms with van der Waals surface area (Å²) >= 11 is 1.55. The molecule has 2 aromatic rings. The largest absolute Gasteiger partial charge is 0.379 e. The van der Waals surface area contributed by atoms with Crippen molar-refractivity contribution in [2.24, 2.45) is 5.92 Å². The topological polar surface area (TPSA) is 74.8 Å². The number of benzene rings is 1. The van der Waals surface area contributed by atoms with Crippen LogP contribution >= 0.6 is 11.3 Å². The fourth-order valence-corrected chi connectivity index (χ4v) is 4.82. The van der Waals surface area contributed by atoms with E-state index in [9.17, 15) is 9.59 Å². The molecule has 0 radical (unpaired) electrons. The number of thiazole rings is 1. The van der Waals surface area contributed by atoms with E-state index in [1.54, 1.807) is 16.2 Å². The van der Waals surface area contributed by atoms with E-state index in [0.29, 0.717) is 26.2 Å². The number of nitrogens with zero attached hydrogens (tertiary/aromatic N) is 3. The van der Waals surface area contributed by atoms with Crippen LogP contribution in [0.1, 0.15) is 40.0 Å². The summed E-state index contributed by atoms with van der Waals surface area (Å²) in [4.78, 5) is 33.9. The summed E-state index contributed by atoms with van der Waals surface area (Å²) in [6, 6.07) is 7.95. The van der Waals surface area contributed by atoms with Crippen molar-refractivity contribution in [2.75, 3.05) is 44.2 Å². The molecule has 170 valence electrons. The number of para-hydroxylation sites is 1. The normalized spacial score (nSPS) is 15.5. The zero-order valence-corrected chi connectivity index (χ0v) is 19.6. The van der Waals surface area contributed by atoms with Crippen molar-refractivity contribution in [3.8, 4) is 0 Å². The number of carbonyl (C=O) groups is 2. The molecule has 0 atom stereocenters.